The van der Waals surface area contributed by atoms with Crippen LogP contribution in [0.5, 0.6) is 0 Å². The summed E-state index contributed by atoms with van der Waals surface area (Å²) in [7, 11) is -2.90. The highest BCUT2D eigenvalue weighted by atomic mass is 32.1. The SMILES string of the molecule is c1ccc([Si]2(c3ccccc3)c3ccccc3N(c3cccc4c3sc3c5c(ccc34)C3(c4ccsc4-c4sccc43)c3ccc4c6c(ccc-5c36)CC4)c3cc4c(cc32)sc2ccccc24)cc1. The minimum atomic E-state index is -2.90. The lowest BCUT2D eigenvalue weighted by atomic mass is 9.61. The van der Waals surface area contributed by atoms with E-state index >= 15 is 0 Å². The average Bonchev–Trinajstić information content (AvgIpc) is 4.28. The third-order valence-electron chi connectivity index (χ3n) is 16.4. The first-order valence-corrected chi connectivity index (χ1v) is 29.3. The molecule has 0 atom stereocenters. The maximum absolute atomic E-state index is 2.90. The summed E-state index contributed by atoms with van der Waals surface area (Å²) in [5.41, 5.74) is 15.1. The molecule has 0 N–H and O–H groups in total. The van der Waals surface area contributed by atoms with Gasteiger partial charge in [0.15, 0.2) is 8.07 Å². The van der Waals surface area contributed by atoms with E-state index in [0.717, 1.165) is 12.8 Å². The highest BCUT2D eigenvalue weighted by Crippen LogP contribution is 2.66. The molecule has 0 saturated carbocycles. The average molecular weight is 964 g/mol. The molecule has 322 valence electrons. The Morgan fingerprint density at radius 1 is 0.420 bits per heavy atom. The molecular formula is C63H37NS4Si. The molecule has 0 bridgehead atoms. The normalized spacial score (nSPS) is 15.3. The second kappa shape index (κ2) is 13.4. The maximum atomic E-state index is 2.67. The Morgan fingerprint density at radius 3 is 1.86 bits per heavy atom. The van der Waals surface area contributed by atoms with Gasteiger partial charge in [0, 0.05) is 62.3 Å². The molecular weight excluding hydrogens is 927 g/mol. The molecule has 4 aromatic heterocycles. The third kappa shape index (κ3) is 4.53. The number of rotatable bonds is 3. The molecule has 0 fully saturated rings. The van der Waals surface area contributed by atoms with Crippen LogP contribution < -0.4 is 25.6 Å². The summed E-state index contributed by atoms with van der Waals surface area (Å²) in [6, 6.07) is 73.5. The molecule has 5 heterocycles. The van der Waals surface area contributed by atoms with Gasteiger partial charge in [0.2, 0.25) is 0 Å². The van der Waals surface area contributed by atoms with Crippen LogP contribution in [-0.4, -0.2) is 8.07 Å². The predicted molar refractivity (Wildman–Crippen MR) is 301 cm³/mol. The number of hydrogen-bond donors (Lipinski definition) is 0. The standard InChI is InChI=1S/C63H37NS4Si/c1-3-12-38(13-4-1)69(39-14-5-2-6-15-39)54-21-10-8-18-49(54)64(51-34-44-40-16-7-9-20-52(40)67-53(44)35-55(51)69)50-19-11-17-41-42-27-29-46-58(60(42)68-59(41)50)43-26-24-36-22-23-37-25-28-45(57(43)56(36)37)63(46)47-30-32-65-61(47)62-48(63)31-33-66-62/h1-21,24-35H,22-23H2. The molecule has 0 unspecified atom stereocenters. The summed E-state index contributed by atoms with van der Waals surface area (Å²) in [4.78, 5) is 5.55. The largest absolute Gasteiger partial charge is 0.309 e. The van der Waals surface area contributed by atoms with E-state index in [2.05, 4.69) is 204 Å². The van der Waals surface area contributed by atoms with Crippen LogP contribution in [0.2, 0.25) is 0 Å². The van der Waals surface area contributed by atoms with E-state index in [1.165, 1.54) is 143 Å². The molecule has 1 nitrogen and oxygen atoms in total. The fourth-order valence-electron chi connectivity index (χ4n) is 13.8. The number of hydrogen-bond acceptors (Lipinski definition) is 5. The van der Waals surface area contributed by atoms with Crippen molar-refractivity contribution in [3.05, 3.63) is 232 Å². The highest BCUT2D eigenvalue weighted by molar-refractivity contribution is 7.27. The van der Waals surface area contributed by atoms with Gasteiger partial charge in [-0.25, -0.2) is 0 Å². The summed E-state index contributed by atoms with van der Waals surface area (Å²) in [6.07, 6.45) is 2.23. The summed E-state index contributed by atoms with van der Waals surface area (Å²) < 4.78 is 5.39. The lowest BCUT2D eigenvalue weighted by molar-refractivity contribution is 0.779. The molecule has 69 heavy (non-hydrogen) atoms. The molecule has 0 radical (unpaired) electrons. The number of benzene rings is 9. The molecule has 9 aromatic carbocycles. The second-order valence-corrected chi connectivity index (χ2v) is 27.0. The Labute approximate surface area is 415 Å². The zero-order chi connectivity index (χ0) is 44.7. The Morgan fingerprint density at radius 2 is 1.07 bits per heavy atom. The van der Waals surface area contributed by atoms with Gasteiger partial charge < -0.3 is 4.90 Å². The van der Waals surface area contributed by atoms with Crippen LogP contribution in [0.25, 0.3) is 72.0 Å². The van der Waals surface area contributed by atoms with E-state index in [4.69, 9.17) is 0 Å². The summed E-state index contributed by atoms with van der Waals surface area (Å²) in [5.74, 6) is 0. The van der Waals surface area contributed by atoms with Gasteiger partial charge in [0.25, 0.3) is 0 Å². The monoisotopic (exact) mass is 963 g/mol. The maximum Gasteiger partial charge on any atom is 0.184 e. The van der Waals surface area contributed by atoms with Gasteiger partial charge in [0.05, 0.1) is 15.8 Å². The van der Waals surface area contributed by atoms with Crippen LogP contribution >= 0.6 is 45.3 Å². The van der Waals surface area contributed by atoms with Gasteiger partial charge in [0.1, 0.15) is 0 Å². The molecule has 3 aliphatic carbocycles. The molecule has 17 rings (SSSR count). The Bertz CT molecular complexity index is 4310. The Kier molecular flexibility index (Phi) is 7.41. The van der Waals surface area contributed by atoms with Crippen molar-refractivity contribution in [1.82, 2.24) is 0 Å². The van der Waals surface area contributed by atoms with Crippen molar-refractivity contribution in [1.29, 1.82) is 0 Å². The summed E-state index contributed by atoms with van der Waals surface area (Å²) in [6.45, 7) is 0. The van der Waals surface area contributed by atoms with Crippen LogP contribution in [0.15, 0.2) is 199 Å². The first kappa shape index (κ1) is 38.0. The number of fused-ring (bicyclic) bond motifs is 18. The van der Waals surface area contributed by atoms with E-state index in [1.807, 2.05) is 45.3 Å². The van der Waals surface area contributed by atoms with Gasteiger partial charge in [-0.2, -0.15) is 0 Å². The van der Waals surface area contributed by atoms with Crippen LogP contribution in [0.3, 0.4) is 0 Å². The third-order valence-corrected chi connectivity index (χ3v) is 25.6. The molecule has 0 amide bonds. The number of anilines is 3. The summed E-state index contributed by atoms with van der Waals surface area (Å²) >= 11 is 7.77. The molecule has 1 aliphatic heterocycles. The lowest BCUT2D eigenvalue weighted by Crippen LogP contribution is -2.77. The van der Waals surface area contributed by atoms with Crippen molar-refractivity contribution < 1.29 is 0 Å². The topological polar surface area (TPSA) is 3.24 Å². The van der Waals surface area contributed by atoms with Crippen LogP contribution in [0.1, 0.15) is 33.4 Å². The molecule has 6 heteroatoms. The number of para-hydroxylation sites is 1. The minimum absolute atomic E-state index is 0.373. The zero-order valence-corrected chi connectivity index (χ0v) is 41.3. The van der Waals surface area contributed by atoms with Crippen molar-refractivity contribution in [3.63, 3.8) is 0 Å². The number of nitrogens with zero attached hydrogens (tertiary/aromatic N) is 1. The van der Waals surface area contributed by atoms with Crippen molar-refractivity contribution in [2.24, 2.45) is 0 Å². The smallest absolute Gasteiger partial charge is 0.184 e. The van der Waals surface area contributed by atoms with Crippen molar-refractivity contribution in [2.75, 3.05) is 4.90 Å². The Hall–Kier alpha value is -6.90. The second-order valence-electron chi connectivity index (χ2n) is 19.3. The van der Waals surface area contributed by atoms with Gasteiger partial charge >= 0.3 is 0 Å². The molecule has 4 aliphatic rings. The van der Waals surface area contributed by atoms with Crippen molar-refractivity contribution >= 4 is 142 Å². The minimum Gasteiger partial charge on any atom is -0.309 e. The van der Waals surface area contributed by atoms with E-state index in [-0.39, 0.29) is 5.41 Å². The fourth-order valence-corrected chi connectivity index (χ4v) is 23.6. The number of aryl methyl sites for hydroxylation is 2. The molecule has 1 spiro atoms. The fraction of sp³-hybridized carbons (Fsp3) is 0.0476. The van der Waals surface area contributed by atoms with Crippen LogP contribution in [0.4, 0.5) is 17.1 Å². The van der Waals surface area contributed by atoms with E-state index < -0.39 is 8.07 Å². The first-order valence-electron chi connectivity index (χ1n) is 23.9. The quantitative estimate of drug-likeness (QED) is 0.160. The van der Waals surface area contributed by atoms with Gasteiger partial charge in [-0.1, -0.05) is 146 Å². The highest BCUT2D eigenvalue weighted by Gasteiger charge is 2.53. The van der Waals surface area contributed by atoms with Crippen LogP contribution in [0, 0.1) is 0 Å². The zero-order valence-electron chi connectivity index (χ0n) is 37.0. The van der Waals surface area contributed by atoms with E-state index in [1.54, 1.807) is 0 Å². The van der Waals surface area contributed by atoms with Gasteiger partial charge in [-0.3, -0.25) is 0 Å². The lowest BCUT2D eigenvalue weighted by Gasteiger charge is -2.45. The van der Waals surface area contributed by atoms with Crippen molar-refractivity contribution in [3.8, 4) is 20.9 Å². The molecule has 13 aromatic rings. The predicted octanol–water partition coefficient (Wildman–Crippen LogP) is 15.3. The van der Waals surface area contributed by atoms with Gasteiger partial charge in [-0.15, -0.1) is 45.3 Å². The first-order chi connectivity index (χ1) is 34.2. The van der Waals surface area contributed by atoms with E-state index in [9.17, 15) is 0 Å². The van der Waals surface area contributed by atoms with Gasteiger partial charge in [-0.05, 0) is 137 Å². The number of thiophene rings is 4. The van der Waals surface area contributed by atoms with Crippen LogP contribution in [-0.2, 0) is 18.3 Å². The molecule has 0 saturated heterocycles. The Balaban J connectivity index is 1.00. The van der Waals surface area contributed by atoms with Crippen molar-refractivity contribution in [2.45, 2.75) is 18.3 Å². The summed E-state index contributed by atoms with van der Waals surface area (Å²) in [5, 5.41) is 18.6. The van der Waals surface area contributed by atoms with E-state index in [0.29, 0.717) is 0 Å².